The summed E-state index contributed by atoms with van der Waals surface area (Å²) in [6, 6.07) is 0. The Balaban J connectivity index is 6.66. The smallest absolute Gasteiger partial charge is 0.460 e. The van der Waals surface area contributed by atoms with Crippen LogP contribution in [0, 0.1) is 0 Å². The fourth-order valence-corrected chi connectivity index (χ4v) is 3.46. The second-order valence-electron chi connectivity index (χ2n) is 7.30. The molecule has 0 aliphatic rings. The number of sulfonamides is 1. The summed E-state index contributed by atoms with van der Waals surface area (Å²) in [4.78, 5) is 10.5. The highest BCUT2D eigenvalue weighted by molar-refractivity contribution is 7.90. The van der Waals surface area contributed by atoms with Gasteiger partial charge in [-0.2, -0.15) is 78.9 Å². The Morgan fingerprint density at radius 3 is 1.32 bits per heavy atom. The van der Waals surface area contributed by atoms with Crippen LogP contribution in [0.2, 0.25) is 0 Å². The van der Waals surface area contributed by atoms with Gasteiger partial charge in [0.15, 0.2) is 0 Å². The van der Waals surface area contributed by atoms with Gasteiger partial charge in [0.2, 0.25) is 0 Å². The van der Waals surface area contributed by atoms with Crippen LogP contribution >= 0.6 is 0 Å². The third kappa shape index (κ3) is 4.98. The Morgan fingerprint density at radius 2 is 1.00 bits per heavy atom. The lowest BCUT2D eigenvalue weighted by Crippen LogP contribution is -2.75. The van der Waals surface area contributed by atoms with Crippen molar-refractivity contribution in [2.24, 2.45) is 0 Å². The Kier molecular flexibility index (Phi) is 9.30. The van der Waals surface area contributed by atoms with Crippen molar-refractivity contribution >= 4 is 16.0 Å². The van der Waals surface area contributed by atoms with E-state index in [9.17, 15) is 87.8 Å². The lowest BCUT2D eigenvalue weighted by Gasteiger charge is -2.42. The van der Waals surface area contributed by atoms with Gasteiger partial charge in [-0.15, -0.1) is 0 Å². The van der Waals surface area contributed by atoms with Gasteiger partial charge in [-0.25, -0.2) is 13.2 Å². The Hall–Kier alpha value is -2.07. The predicted molar refractivity (Wildman–Crippen MR) is 88.2 cm³/mol. The van der Waals surface area contributed by atoms with Crippen LogP contribution in [0.25, 0.3) is 0 Å². The van der Waals surface area contributed by atoms with E-state index in [0.29, 0.717) is 0 Å². The first-order chi connectivity index (χ1) is 16.2. The molecule has 0 radical (unpaired) electrons. The highest BCUT2D eigenvalue weighted by Gasteiger charge is 2.96. The van der Waals surface area contributed by atoms with Gasteiger partial charge in [-0.05, 0) is 12.8 Å². The van der Waals surface area contributed by atoms with Crippen molar-refractivity contribution in [2.75, 3.05) is 13.6 Å². The zero-order valence-electron chi connectivity index (χ0n) is 17.8. The third-order valence-electron chi connectivity index (χ3n) is 4.68. The van der Waals surface area contributed by atoms with Gasteiger partial charge in [0.1, 0.15) is 0 Å². The Morgan fingerprint density at radius 1 is 0.684 bits per heavy atom. The first-order valence-corrected chi connectivity index (χ1v) is 10.3. The number of carboxylic acids is 1. The molecular formula is C15H12F17NO4S. The second kappa shape index (κ2) is 9.84. The fourth-order valence-electron chi connectivity index (χ4n) is 2.25. The van der Waals surface area contributed by atoms with E-state index in [0.717, 1.165) is 0 Å². The average Bonchev–Trinajstić information content (AvgIpc) is 2.71. The van der Waals surface area contributed by atoms with E-state index < -0.39 is 92.2 Å². The summed E-state index contributed by atoms with van der Waals surface area (Å²) in [5.41, 5.74) is -0.752. The molecule has 38 heavy (non-hydrogen) atoms. The van der Waals surface area contributed by atoms with E-state index in [-0.39, 0.29) is 7.05 Å². The standard InChI is InChI=1S/C15H12F17NO4S/c1-6(7(34)35)4-3-5-33(2)38(36,37)15(31,32)13(26,27)11(22,23)9(18,19)8(16,17)10(20,21)12(24,25)14(28,29)30/h1,3-5H2,2H3,(H,34,35). The van der Waals surface area contributed by atoms with Crippen molar-refractivity contribution < 1.29 is 93.0 Å². The van der Waals surface area contributed by atoms with Gasteiger partial charge in [0.05, 0.1) is 0 Å². The van der Waals surface area contributed by atoms with Gasteiger partial charge in [-0.1, -0.05) is 6.58 Å². The largest absolute Gasteiger partial charge is 0.478 e. The molecule has 0 rings (SSSR count). The molecule has 0 atom stereocenters. The van der Waals surface area contributed by atoms with Crippen LogP contribution < -0.4 is 0 Å². The molecule has 0 aromatic rings. The molecule has 1 N–H and O–H groups in total. The molecule has 23 heteroatoms. The molecule has 0 aliphatic heterocycles. The molecule has 0 amide bonds. The maximum atomic E-state index is 14.0. The fraction of sp³-hybridized carbons (Fsp3) is 0.800. The van der Waals surface area contributed by atoms with Crippen molar-refractivity contribution in [2.45, 2.75) is 59.8 Å². The van der Waals surface area contributed by atoms with Crippen molar-refractivity contribution in [1.82, 2.24) is 4.31 Å². The van der Waals surface area contributed by atoms with Crippen LogP contribution in [0.1, 0.15) is 12.8 Å². The number of carbonyl (C=O) groups is 1. The van der Waals surface area contributed by atoms with E-state index in [1.165, 1.54) is 0 Å². The summed E-state index contributed by atoms with van der Waals surface area (Å²) in [6.07, 6.45) is -9.61. The molecule has 0 spiro atoms. The highest BCUT2D eigenvalue weighted by atomic mass is 32.2. The SMILES string of the molecule is C=C(CCCN(C)S(=O)(=O)C(F)(F)C(F)(F)C(F)(F)C(F)(F)C(F)(F)C(F)(F)C(F)(F)C(F)(F)F)C(=O)O. The van der Waals surface area contributed by atoms with Gasteiger partial charge >= 0.3 is 52.9 Å². The number of halogens is 17. The van der Waals surface area contributed by atoms with Gasteiger partial charge in [0.25, 0.3) is 10.0 Å². The minimum Gasteiger partial charge on any atom is -0.478 e. The average molecular weight is 625 g/mol. The van der Waals surface area contributed by atoms with E-state index in [2.05, 4.69) is 6.58 Å². The van der Waals surface area contributed by atoms with Gasteiger partial charge < -0.3 is 5.11 Å². The quantitative estimate of drug-likeness (QED) is 0.213. The molecule has 5 nitrogen and oxygen atoms in total. The molecule has 0 bridgehead atoms. The van der Waals surface area contributed by atoms with Crippen LogP contribution in [0.3, 0.4) is 0 Å². The number of carboxylic acid groups (broad SMARTS) is 1. The molecule has 0 saturated heterocycles. The Bertz CT molecular complexity index is 1020. The predicted octanol–water partition coefficient (Wildman–Crippen LogP) is 5.64. The zero-order valence-corrected chi connectivity index (χ0v) is 18.6. The highest BCUT2D eigenvalue weighted by Crippen LogP contribution is 2.64. The lowest BCUT2D eigenvalue weighted by molar-refractivity contribution is -0.458. The Labute approximate surface area is 199 Å². The van der Waals surface area contributed by atoms with Crippen molar-refractivity contribution in [1.29, 1.82) is 0 Å². The monoisotopic (exact) mass is 625 g/mol. The summed E-state index contributed by atoms with van der Waals surface area (Å²) >= 11 is 0. The minimum atomic E-state index is -8.90. The van der Waals surface area contributed by atoms with Gasteiger partial charge in [-0.3, -0.25) is 0 Å². The first-order valence-electron chi connectivity index (χ1n) is 8.83. The van der Waals surface area contributed by atoms with Crippen molar-refractivity contribution in [3.63, 3.8) is 0 Å². The second-order valence-corrected chi connectivity index (χ2v) is 9.39. The minimum absolute atomic E-state index is 0.133. The molecular weight excluding hydrogens is 613 g/mol. The number of hydrogen-bond donors (Lipinski definition) is 1. The van der Waals surface area contributed by atoms with Crippen LogP contribution in [-0.2, 0) is 14.8 Å². The van der Waals surface area contributed by atoms with Crippen LogP contribution in [0.15, 0.2) is 12.2 Å². The molecule has 226 valence electrons. The van der Waals surface area contributed by atoms with Crippen molar-refractivity contribution in [3.8, 4) is 0 Å². The molecule has 0 aromatic carbocycles. The normalized spacial score (nSPS) is 15.7. The van der Waals surface area contributed by atoms with Crippen molar-refractivity contribution in [3.05, 3.63) is 12.2 Å². The van der Waals surface area contributed by atoms with E-state index in [1.54, 1.807) is 0 Å². The van der Waals surface area contributed by atoms with Crippen LogP contribution in [0.4, 0.5) is 74.6 Å². The summed E-state index contributed by atoms with van der Waals surface area (Å²) in [7, 11) is -7.52. The molecule has 0 heterocycles. The third-order valence-corrected chi connectivity index (χ3v) is 6.59. The topological polar surface area (TPSA) is 74.7 Å². The summed E-state index contributed by atoms with van der Waals surface area (Å²) in [5, 5.41) is 0.848. The molecule has 0 unspecified atom stereocenters. The summed E-state index contributed by atoms with van der Waals surface area (Å²) < 4.78 is 248. The van der Waals surface area contributed by atoms with E-state index >= 15 is 0 Å². The van der Waals surface area contributed by atoms with Crippen LogP contribution in [-0.4, -0.2) is 84.4 Å². The molecule has 0 fully saturated rings. The maximum absolute atomic E-state index is 14.0. The zero-order chi connectivity index (χ0) is 31.4. The summed E-state index contributed by atoms with van der Waals surface area (Å²) in [5.74, 6) is -53.7. The van der Waals surface area contributed by atoms with Gasteiger partial charge in [0, 0.05) is 19.2 Å². The number of alkyl halides is 17. The number of nitrogens with zero attached hydrogens (tertiary/aromatic N) is 1. The van der Waals surface area contributed by atoms with E-state index in [4.69, 9.17) is 5.11 Å². The number of hydrogen-bond acceptors (Lipinski definition) is 3. The van der Waals surface area contributed by atoms with E-state index in [1.807, 2.05) is 0 Å². The summed E-state index contributed by atoms with van der Waals surface area (Å²) in [6.45, 7) is 1.37. The maximum Gasteiger partial charge on any atom is 0.460 e. The molecule has 0 aromatic heterocycles. The lowest BCUT2D eigenvalue weighted by atomic mass is 9.91. The molecule has 0 saturated carbocycles. The first kappa shape index (κ1) is 35.9. The number of aliphatic carboxylic acids is 1. The van der Waals surface area contributed by atoms with Crippen LogP contribution in [0.5, 0.6) is 0 Å². The number of rotatable bonds is 13. The molecule has 0 aliphatic carbocycles.